The average molecular weight is 293 g/mol. The Morgan fingerprint density at radius 2 is 2.29 bits per heavy atom. The lowest BCUT2D eigenvalue weighted by atomic mass is 10.00. The van der Waals surface area contributed by atoms with Gasteiger partial charge in [0.1, 0.15) is 11.6 Å². The summed E-state index contributed by atoms with van der Waals surface area (Å²) >= 11 is 0. The molecule has 0 spiro atoms. The van der Waals surface area contributed by atoms with Crippen molar-refractivity contribution in [1.82, 2.24) is 5.32 Å². The van der Waals surface area contributed by atoms with Crippen LogP contribution in [0.1, 0.15) is 29.6 Å². The summed E-state index contributed by atoms with van der Waals surface area (Å²) in [5.74, 6) is -0.862. The number of ether oxygens (including phenoxy) is 2. The highest BCUT2D eigenvalue weighted by molar-refractivity contribution is 6.03. The monoisotopic (exact) mass is 293 g/mol. The molecule has 1 aromatic rings. The summed E-state index contributed by atoms with van der Waals surface area (Å²) in [6.45, 7) is 1.14. The molecule has 1 saturated heterocycles. The number of Topliss-reactive ketones (excluding diaryl/α,β-unsaturated/α-hetero) is 1. The maximum atomic E-state index is 13.1. The van der Waals surface area contributed by atoms with Gasteiger partial charge in [-0.25, -0.2) is 4.39 Å². The molecule has 0 aliphatic carbocycles. The Labute approximate surface area is 121 Å². The van der Waals surface area contributed by atoms with Gasteiger partial charge in [0.15, 0.2) is 11.9 Å². The van der Waals surface area contributed by atoms with E-state index in [2.05, 4.69) is 5.32 Å². The second-order valence-corrected chi connectivity index (χ2v) is 5.25. The highest BCUT2D eigenvalue weighted by Crippen LogP contribution is 2.28. The fraction of sp³-hybridized carbons (Fsp3) is 0.467. The Morgan fingerprint density at radius 3 is 3.05 bits per heavy atom. The number of halogens is 1. The number of fused-ring (bicyclic) bond motifs is 1. The Kier molecular flexibility index (Phi) is 3.88. The summed E-state index contributed by atoms with van der Waals surface area (Å²) in [5, 5.41) is 2.74. The summed E-state index contributed by atoms with van der Waals surface area (Å²) in [6.07, 6.45) is 1.02. The van der Waals surface area contributed by atoms with Crippen LogP contribution in [0.4, 0.5) is 4.39 Å². The zero-order chi connectivity index (χ0) is 14.8. The second kappa shape index (κ2) is 5.81. The van der Waals surface area contributed by atoms with Crippen LogP contribution in [0.25, 0.3) is 0 Å². The summed E-state index contributed by atoms with van der Waals surface area (Å²) in [5.41, 5.74) is 0.193. The SMILES string of the molecule is O=C1C[C@H](C(=O)NC[C@@H]2CCCO2)Oc2ccc(F)cc21. The first-order valence-corrected chi connectivity index (χ1v) is 7.02. The van der Waals surface area contributed by atoms with Gasteiger partial charge in [-0.2, -0.15) is 0 Å². The first-order valence-electron chi connectivity index (χ1n) is 7.02. The molecule has 1 amide bonds. The fourth-order valence-corrected chi connectivity index (χ4v) is 2.58. The highest BCUT2D eigenvalue weighted by Gasteiger charge is 2.32. The lowest BCUT2D eigenvalue weighted by Crippen LogP contribution is -2.44. The van der Waals surface area contributed by atoms with Crippen LogP contribution in [0, 0.1) is 5.82 Å². The van der Waals surface area contributed by atoms with Gasteiger partial charge in [-0.05, 0) is 31.0 Å². The quantitative estimate of drug-likeness (QED) is 0.916. The average Bonchev–Trinajstić information content (AvgIpc) is 2.98. The minimum absolute atomic E-state index is 0.0367. The molecule has 0 aromatic heterocycles. The van der Waals surface area contributed by atoms with Crippen LogP contribution in [-0.4, -0.2) is 37.0 Å². The fourth-order valence-electron chi connectivity index (χ4n) is 2.58. The number of carbonyl (C=O) groups excluding carboxylic acids is 2. The van der Waals surface area contributed by atoms with Crippen LogP contribution in [-0.2, 0) is 9.53 Å². The Balaban J connectivity index is 1.63. The van der Waals surface area contributed by atoms with Gasteiger partial charge in [0.2, 0.25) is 0 Å². The molecule has 21 heavy (non-hydrogen) atoms. The van der Waals surface area contributed by atoms with E-state index in [1.807, 2.05) is 0 Å². The van der Waals surface area contributed by atoms with Gasteiger partial charge in [-0.15, -0.1) is 0 Å². The molecule has 0 bridgehead atoms. The van der Waals surface area contributed by atoms with Crippen molar-refractivity contribution in [2.75, 3.05) is 13.2 Å². The van der Waals surface area contributed by atoms with E-state index < -0.39 is 11.9 Å². The van der Waals surface area contributed by atoms with Crippen LogP contribution in [0.2, 0.25) is 0 Å². The smallest absolute Gasteiger partial charge is 0.261 e. The normalized spacial score (nSPS) is 24.3. The molecule has 3 rings (SSSR count). The number of rotatable bonds is 3. The lowest BCUT2D eigenvalue weighted by molar-refractivity contribution is -0.128. The Bertz CT molecular complexity index is 569. The van der Waals surface area contributed by atoms with E-state index in [0.29, 0.717) is 6.54 Å². The molecule has 112 valence electrons. The summed E-state index contributed by atoms with van der Waals surface area (Å²) in [7, 11) is 0. The van der Waals surface area contributed by atoms with E-state index in [0.717, 1.165) is 25.5 Å². The van der Waals surface area contributed by atoms with Gasteiger partial charge in [0, 0.05) is 13.2 Å². The Morgan fingerprint density at radius 1 is 1.43 bits per heavy atom. The molecule has 1 aromatic carbocycles. The third kappa shape index (κ3) is 3.05. The number of carbonyl (C=O) groups is 2. The molecular weight excluding hydrogens is 277 g/mol. The van der Waals surface area contributed by atoms with Crippen LogP contribution in [0.5, 0.6) is 5.75 Å². The molecule has 2 atom stereocenters. The largest absolute Gasteiger partial charge is 0.479 e. The second-order valence-electron chi connectivity index (χ2n) is 5.25. The number of amides is 1. The first kappa shape index (κ1) is 14.0. The molecular formula is C15H16FNO4. The van der Waals surface area contributed by atoms with Crippen molar-refractivity contribution in [3.63, 3.8) is 0 Å². The molecule has 2 aliphatic rings. The van der Waals surface area contributed by atoms with Crippen molar-refractivity contribution in [3.05, 3.63) is 29.6 Å². The molecule has 2 heterocycles. The summed E-state index contributed by atoms with van der Waals surface area (Å²) < 4.78 is 24.0. The standard InChI is InChI=1S/C15H16FNO4/c16-9-3-4-13-11(6-9)12(18)7-14(21-13)15(19)17-8-10-2-1-5-20-10/h3-4,6,10,14H,1-2,5,7-8H2,(H,17,19)/t10-,14+/m0/s1. The van der Waals surface area contributed by atoms with Gasteiger partial charge in [-0.1, -0.05) is 0 Å². The number of hydrogen-bond donors (Lipinski definition) is 1. The minimum Gasteiger partial charge on any atom is -0.479 e. The van der Waals surface area contributed by atoms with Gasteiger partial charge in [0.25, 0.3) is 5.91 Å². The van der Waals surface area contributed by atoms with Gasteiger partial charge >= 0.3 is 0 Å². The summed E-state index contributed by atoms with van der Waals surface area (Å²) in [6, 6.07) is 3.72. The maximum absolute atomic E-state index is 13.1. The van der Waals surface area contributed by atoms with Crippen molar-refractivity contribution in [2.45, 2.75) is 31.5 Å². The van der Waals surface area contributed by atoms with Crippen molar-refractivity contribution in [3.8, 4) is 5.75 Å². The van der Waals surface area contributed by atoms with E-state index >= 15 is 0 Å². The van der Waals surface area contributed by atoms with Crippen molar-refractivity contribution in [2.24, 2.45) is 0 Å². The van der Waals surface area contributed by atoms with Crippen molar-refractivity contribution >= 4 is 11.7 Å². The van der Waals surface area contributed by atoms with Gasteiger partial charge in [-0.3, -0.25) is 9.59 Å². The van der Waals surface area contributed by atoms with E-state index in [-0.39, 0.29) is 35.5 Å². The van der Waals surface area contributed by atoms with E-state index in [1.165, 1.54) is 12.1 Å². The zero-order valence-corrected chi connectivity index (χ0v) is 11.4. The van der Waals surface area contributed by atoms with Gasteiger partial charge in [0.05, 0.1) is 18.1 Å². The van der Waals surface area contributed by atoms with Crippen LogP contribution < -0.4 is 10.1 Å². The Hall–Kier alpha value is -1.95. The van der Waals surface area contributed by atoms with E-state index in [4.69, 9.17) is 9.47 Å². The topological polar surface area (TPSA) is 64.6 Å². The number of hydrogen-bond acceptors (Lipinski definition) is 4. The lowest BCUT2D eigenvalue weighted by Gasteiger charge is -2.24. The number of benzene rings is 1. The zero-order valence-electron chi connectivity index (χ0n) is 11.4. The molecule has 1 fully saturated rings. The molecule has 0 radical (unpaired) electrons. The number of ketones is 1. The predicted molar refractivity (Wildman–Crippen MR) is 71.7 cm³/mol. The predicted octanol–water partition coefficient (Wildman–Crippen LogP) is 1.45. The van der Waals surface area contributed by atoms with Crippen LogP contribution in [0.3, 0.4) is 0 Å². The molecule has 5 nitrogen and oxygen atoms in total. The number of nitrogens with one attached hydrogen (secondary N) is 1. The molecule has 6 heteroatoms. The van der Waals surface area contributed by atoms with Crippen molar-refractivity contribution < 1.29 is 23.5 Å². The van der Waals surface area contributed by atoms with E-state index in [1.54, 1.807) is 0 Å². The molecule has 0 saturated carbocycles. The minimum atomic E-state index is -0.864. The van der Waals surface area contributed by atoms with Crippen molar-refractivity contribution in [1.29, 1.82) is 0 Å². The van der Waals surface area contributed by atoms with Crippen LogP contribution >= 0.6 is 0 Å². The third-order valence-corrected chi connectivity index (χ3v) is 3.70. The maximum Gasteiger partial charge on any atom is 0.261 e. The first-order chi connectivity index (χ1) is 10.1. The van der Waals surface area contributed by atoms with Crippen LogP contribution in [0.15, 0.2) is 18.2 Å². The van der Waals surface area contributed by atoms with E-state index in [9.17, 15) is 14.0 Å². The summed E-state index contributed by atoms with van der Waals surface area (Å²) in [4.78, 5) is 24.0. The highest BCUT2D eigenvalue weighted by atomic mass is 19.1. The molecule has 1 N–H and O–H groups in total. The molecule has 2 aliphatic heterocycles. The third-order valence-electron chi connectivity index (χ3n) is 3.70. The molecule has 0 unspecified atom stereocenters. The van der Waals surface area contributed by atoms with Gasteiger partial charge < -0.3 is 14.8 Å².